The first-order valence-corrected chi connectivity index (χ1v) is 8.57. The molecule has 0 unspecified atom stereocenters. The molecular weight excluding hydrogens is 280 g/mol. The molecule has 1 heterocycles. The van der Waals surface area contributed by atoms with Gasteiger partial charge in [-0.15, -0.1) is 11.8 Å². The number of pyridine rings is 1. The van der Waals surface area contributed by atoms with Gasteiger partial charge in [0.15, 0.2) is 0 Å². The molecule has 110 valence electrons. The molecule has 1 saturated carbocycles. The van der Waals surface area contributed by atoms with Crippen LogP contribution in [0.25, 0.3) is 10.9 Å². The standard InChI is InChI=1S/C17H20N2OS/c20-16(19-14-8-2-1-3-9-14)12-21-15-10-4-6-13-7-5-11-18-17(13)15/h4-7,10-11,14H,1-3,8-9,12H2,(H,19,20). The van der Waals surface area contributed by atoms with Crippen molar-refractivity contribution in [3.63, 3.8) is 0 Å². The highest BCUT2D eigenvalue weighted by Gasteiger charge is 2.15. The van der Waals surface area contributed by atoms with Crippen molar-refractivity contribution in [1.29, 1.82) is 0 Å². The molecule has 2 aromatic rings. The Morgan fingerprint density at radius 2 is 2.00 bits per heavy atom. The minimum Gasteiger partial charge on any atom is -0.353 e. The molecule has 1 aromatic carbocycles. The Hall–Kier alpha value is -1.55. The van der Waals surface area contributed by atoms with Crippen LogP contribution in [0.3, 0.4) is 0 Å². The maximum absolute atomic E-state index is 12.1. The van der Waals surface area contributed by atoms with E-state index in [1.807, 2.05) is 18.2 Å². The number of benzene rings is 1. The number of hydrogen-bond donors (Lipinski definition) is 1. The SMILES string of the molecule is O=C(CSc1cccc2cccnc12)NC1CCCCC1. The molecule has 4 heteroatoms. The van der Waals surface area contributed by atoms with Crippen LogP contribution in [0.1, 0.15) is 32.1 Å². The molecule has 1 N–H and O–H groups in total. The maximum Gasteiger partial charge on any atom is 0.230 e. The highest BCUT2D eigenvalue weighted by molar-refractivity contribution is 8.00. The summed E-state index contributed by atoms with van der Waals surface area (Å²) >= 11 is 1.57. The third-order valence-electron chi connectivity index (χ3n) is 3.92. The Labute approximate surface area is 129 Å². The third-order valence-corrected chi connectivity index (χ3v) is 4.97. The second-order valence-corrected chi connectivity index (χ2v) is 6.54. The lowest BCUT2D eigenvalue weighted by Gasteiger charge is -2.22. The van der Waals surface area contributed by atoms with Crippen LogP contribution in [0.15, 0.2) is 41.4 Å². The molecule has 0 bridgehead atoms. The van der Waals surface area contributed by atoms with Gasteiger partial charge in [-0.2, -0.15) is 0 Å². The Bertz CT molecular complexity index is 618. The molecule has 0 aliphatic heterocycles. The summed E-state index contributed by atoms with van der Waals surface area (Å²) in [5.74, 6) is 0.603. The zero-order valence-electron chi connectivity index (χ0n) is 12.0. The number of aromatic nitrogens is 1. The van der Waals surface area contributed by atoms with Gasteiger partial charge in [-0.25, -0.2) is 0 Å². The molecule has 0 radical (unpaired) electrons. The van der Waals surface area contributed by atoms with E-state index in [9.17, 15) is 4.79 Å². The zero-order valence-corrected chi connectivity index (χ0v) is 12.9. The molecule has 1 amide bonds. The van der Waals surface area contributed by atoms with Crippen molar-refractivity contribution in [2.24, 2.45) is 0 Å². The molecule has 1 fully saturated rings. The Morgan fingerprint density at radius 1 is 1.19 bits per heavy atom. The number of amides is 1. The first-order chi connectivity index (χ1) is 10.3. The maximum atomic E-state index is 12.1. The van der Waals surface area contributed by atoms with E-state index in [-0.39, 0.29) is 5.91 Å². The van der Waals surface area contributed by atoms with E-state index < -0.39 is 0 Å². The van der Waals surface area contributed by atoms with Gasteiger partial charge in [0.2, 0.25) is 5.91 Å². The van der Waals surface area contributed by atoms with Gasteiger partial charge in [-0.3, -0.25) is 9.78 Å². The van der Waals surface area contributed by atoms with Crippen molar-refractivity contribution in [3.8, 4) is 0 Å². The summed E-state index contributed by atoms with van der Waals surface area (Å²) in [7, 11) is 0. The average Bonchev–Trinajstić information content (AvgIpc) is 2.54. The predicted molar refractivity (Wildman–Crippen MR) is 87.5 cm³/mol. The van der Waals surface area contributed by atoms with Crippen molar-refractivity contribution in [2.75, 3.05) is 5.75 Å². The van der Waals surface area contributed by atoms with Crippen LogP contribution in [-0.2, 0) is 4.79 Å². The number of carbonyl (C=O) groups is 1. The van der Waals surface area contributed by atoms with Gasteiger partial charge < -0.3 is 5.32 Å². The number of thioether (sulfide) groups is 1. The lowest BCUT2D eigenvalue weighted by Crippen LogP contribution is -2.37. The van der Waals surface area contributed by atoms with E-state index in [4.69, 9.17) is 0 Å². The highest BCUT2D eigenvalue weighted by Crippen LogP contribution is 2.26. The predicted octanol–water partition coefficient (Wildman–Crippen LogP) is 3.78. The van der Waals surface area contributed by atoms with E-state index in [0.717, 1.165) is 28.6 Å². The largest absolute Gasteiger partial charge is 0.353 e. The monoisotopic (exact) mass is 300 g/mol. The molecule has 3 nitrogen and oxygen atoms in total. The van der Waals surface area contributed by atoms with Crippen LogP contribution < -0.4 is 5.32 Å². The van der Waals surface area contributed by atoms with Crippen LogP contribution in [0, 0.1) is 0 Å². The van der Waals surface area contributed by atoms with Crippen LogP contribution >= 0.6 is 11.8 Å². The summed E-state index contributed by atoms with van der Waals surface area (Å²) in [4.78, 5) is 17.6. The second kappa shape index (κ2) is 6.94. The van der Waals surface area contributed by atoms with Gasteiger partial charge >= 0.3 is 0 Å². The number of nitrogens with zero attached hydrogens (tertiary/aromatic N) is 1. The van der Waals surface area contributed by atoms with Crippen LogP contribution in [0.2, 0.25) is 0 Å². The van der Waals surface area contributed by atoms with Gasteiger partial charge in [0.05, 0.1) is 11.3 Å². The molecule has 0 spiro atoms. The van der Waals surface area contributed by atoms with Crippen LogP contribution in [-0.4, -0.2) is 22.7 Å². The number of hydrogen-bond acceptors (Lipinski definition) is 3. The minimum absolute atomic E-state index is 0.139. The highest BCUT2D eigenvalue weighted by atomic mass is 32.2. The van der Waals surface area contributed by atoms with E-state index >= 15 is 0 Å². The fourth-order valence-electron chi connectivity index (χ4n) is 2.85. The first kappa shape index (κ1) is 14.4. The molecule has 3 rings (SSSR count). The third kappa shape index (κ3) is 3.76. The van der Waals surface area contributed by atoms with Gasteiger partial charge in [0.25, 0.3) is 0 Å². The topological polar surface area (TPSA) is 42.0 Å². The lowest BCUT2D eigenvalue weighted by atomic mass is 9.95. The normalized spacial score (nSPS) is 16.0. The Balaban J connectivity index is 1.59. The Morgan fingerprint density at radius 3 is 2.86 bits per heavy atom. The molecular formula is C17H20N2OS. The summed E-state index contributed by atoms with van der Waals surface area (Å²) in [6, 6.07) is 10.5. The van der Waals surface area contributed by atoms with E-state index in [0.29, 0.717) is 11.8 Å². The van der Waals surface area contributed by atoms with E-state index in [2.05, 4.69) is 22.4 Å². The first-order valence-electron chi connectivity index (χ1n) is 7.59. The van der Waals surface area contributed by atoms with E-state index in [1.165, 1.54) is 19.3 Å². The van der Waals surface area contributed by atoms with Crippen molar-refractivity contribution in [3.05, 3.63) is 36.5 Å². The van der Waals surface area contributed by atoms with Gasteiger partial charge in [0, 0.05) is 22.5 Å². The number of para-hydroxylation sites is 1. The smallest absolute Gasteiger partial charge is 0.230 e. The van der Waals surface area contributed by atoms with Crippen molar-refractivity contribution in [1.82, 2.24) is 10.3 Å². The van der Waals surface area contributed by atoms with Crippen molar-refractivity contribution < 1.29 is 4.79 Å². The molecule has 1 aliphatic carbocycles. The Kier molecular flexibility index (Phi) is 4.76. The number of carbonyl (C=O) groups excluding carboxylic acids is 1. The quantitative estimate of drug-likeness (QED) is 0.874. The second-order valence-electron chi connectivity index (χ2n) is 5.52. The fourth-order valence-corrected chi connectivity index (χ4v) is 3.70. The van der Waals surface area contributed by atoms with Crippen molar-refractivity contribution in [2.45, 2.75) is 43.0 Å². The summed E-state index contributed by atoms with van der Waals surface area (Å²) < 4.78 is 0. The summed E-state index contributed by atoms with van der Waals surface area (Å²) in [6.07, 6.45) is 7.85. The van der Waals surface area contributed by atoms with Crippen LogP contribution in [0.4, 0.5) is 0 Å². The molecule has 1 aromatic heterocycles. The number of fused-ring (bicyclic) bond motifs is 1. The van der Waals surface area contributed by atoms with Gasteiger partial charge in [-0.1, -0.05) is 37.5 Å². The lowest BCUT2D eigenvalue weighted by molar-refractivity contribution is -0.119. The molecule has 21 heavy (non-hydrogen) atoms. The molecule has 1 aliphatic rings. The number of nitrogens with one attached hydrogen (secondary N) is 1. The van der Waals surface area contributed by atoms with Crippen LogP contribution in [0.5, 0.6) is 0 Å². The van der Waals surface area contributed by atoms with Gasteiger partial charge in [-0.05, 0) is 25.0 Å². The van der Waals surface area contributed by atoms with E-state index in [1.54, 1.807) is 18.0 Å². The van der Waals surface area contributed by atoms with Crippen molar-refractivity contribution >= 4 is 28.6 Å². The molecule has 0 atom stereocenters. The summed E-state index contributed by atoms with van der Waals surface area (Å²) in [5, 5.41) is 4.28. The van der Waals surface area contributed by atoms with Gasteiger partial charge in [0.1, 0.15) is 0 Å². The average molecular weight is 300 g/mol. The zero-order chi connectivity index (χ0) is 14.5. The minimum atomic E-state index is 0.139. The summed E-state index contributed by atoms with van der Waals surface area (Å²) in [6.45, 7) is 0. The number of rotatable bonds is 4. The molecule has 0 saturated heterocycles. The summed E-state index contributed by atoms with van der Waals surface area (Å²) in [5.41, 5.74) is 0.982. The fraction of sp³-hybridized carbons (Fsp3) is 0.412.